The molecule has 11 heavy (non-hydrogen) atoms. The van der Waals surface area contributed by atoms with Crippen molar-refractivity contribution in [1.29, 1.82) is 0 Å². The van der Waals surface area contributed by atoms with Gasteiger partial charge in [0, 0.05) is 15.1 Å². The third-order valence-electron chi connectivity index (χ3n) is 1.81. The van der Waals surface area contributed by atoms with Gasteiger partial charge in [-0.25, -0.2) is 0 Å². The summed E-state index contributed by atoms with van der Waals surface area (Å²) >= 11 is 10.5. The van der Waals surface area contributed by atoms with Crippen LogP contribution in [0.5, 0.6) is 0 Å². The predicted molar refractivity (Wildman–Crippen MR) is 60.8 cm³/mol. The lowest BCUT2D eigenvalue weighted by Crippen LogP contribution is -2.09. The molecule has 0 spiro atoms. The minimum Gasteiger partial charge on any atom is -0.0921 e. The van der Waals surface area contributed by atoms with Crippen LogP contribution in [-0.2, 0) is 0 Å². The van der Waals surface area contributed by atoms with Gasteiger partial charge in [0.15, 0.2) is 0 Å². The quantitative estimate of drug-likeness (QED) is 0.664. The topological polar surface area (TPSA) is 0 Å². The van der Waals surface area contributed by atoms with Gasteiger partial charge >= 0.3 is 0 Å². The van der Waals surface area contributed by atoms with E-state index >= 15 is 0 Å². The van der Waals surface area contributed by atoms with E-state index in [-0.39, 0.29) is 0 Å². The van der Waals surface area contributed by atoms with Crippen molar-refractivity contribution in [3.8, 4) is 0 Å². The second kappa shape index (κ2) is 4.83. The first kappa shape index (κ1) is 10.0. The Bertz CT molecular complexity index is 194. The summed E-state index contributed by atoms with van der Waals surface area (Å²) in [5.74, 6) is 0.661. The van der Waals surface area contributed by atoms with Crippen molar-refractivity contribution in [3.63, 3.8) is 0 Å². The number of halogens is 3. The lowest BCUT2D eigenvalue weighted by molar-refractivity contribution is 0.705. The molecule has 1 unspecified atom stereocenters. The Morgan fingerprint density at radius 1 is 1.45 bits per heavy atom. The standard InChI is InChI=1S/C8H9Br3/c9-4-6-2-1-3-8(11)7(6)5-10/h1,3,6H,2,4-5H2. The zero-order chi connectivity index (χ0) is 8.27. The fourth-order valence-corrected chi connectivity index (χ4v) is 3.55. The van der Waals surface area contributed by atoms with Gasteiger partial charge in [-0.1, -0.05) is 59.9 Å². The Hall–Kier alpha value is 0.920. The van der Waals surface area contributed by atoms with Crippen LogP contribution < -0.4 is 0 Å². The van der Waals surface area contributed by atoms with Crippen LogP contribution in [0.2, 0.25) is 0 Å². The van der Waals surface area contributed by atoms with Crippen LogP contribution in [-0.4, -0.2) is 10.7 Å². The molecule has 0 heterocycles. The Kier molecular flexibility index (Phi) is 4.39. The number of alkyl halides is 2. The molecule has 1 atom stereocenters. The van der Waals surface area contributed by atoms with E-state index < -0.39 is 0 Å². The molecule has 0 amide bonds. The third kappa shape index (κ3) is 2.43. The van der Waals surface area contributed by atoms with Crippen LogP contribution in [0, 0.1) is 5.92 Å². The molecule has 0 bridgehead atoms. The van der Waals surface area contributed by atoms with E-state index in [4.69, 9.17) is 0 Å². The SMILES string of the molecule is BrCC1=C(Br)C=CCC1CBr. The van der Waals surface area contributed by atoms with Crippen molar-refractivity contribution < 1.29 is 0 Å². The van der Waals surface area contributed by atoms with E-state index in [0.29, 0.717) is 5.92 Å². The van der Waals surface area contributed by atoms with Gasteiger partial charge in [0.05, 0.1) is 0 Å². The van der Waals surface area contributed by atoms with Gasteiger partial charge in [0.1, 0.15) is 0 Å². The molecule has 0 aromatic heterocycles. The highest BCUT2D eigenvalue weighted by atomic mass is 79.9. The Morgan fingerprint density at radius 3 is 2.64 bits per heavy atom. The zero-order valence-corrected chi connectivity index (χ0v) is 10.7. The molecule has 1 rings (SSSR count). The largest absolute Gasteiger partial charge is 0.0921 e. The van der Waals surface area contributed by atoms with Gasteiger partial charge < -0.3 is 0 Å². The van der Waals surface area contributed by atoms with E-state index in [1.54, 1.807) is 0 Å². The maximum absolute atomic E-state index is 3.54. The molecule has 0 fully saturated rings. The second-order valence-electron chi connectivity index (χ2n) is 2.50. The van der Waals surface area contributed by atoms with Crippen molar-refractivity contribution in [2.24, 2.45) is 5.92 Å². The molecular weight excluding hydrogens is 336 g/mol. The van der Waals surface area contributed by atoms with E-state index in [9.17, 15) is 0 Å². The van der Waals surface area contributed by atoms with Crippen molar-refractivity contribution in [1.82, 2.24) is 0 Å². The van der Waals surface area contributed by atoms with E-state index in [0.717, 1.165) is 17.1 Å². The maximum atomic E-state index is 3.54. The summed E-state index contributed by atoms with van der Waals surface area (Å²) in [6.07, 6.45) is 5.50. The Morgan fingerprint density at radius 2 is 2.18 bits per heavy atom. The molecule has 0 saturated heterocycles. The van der Waals surface area contributed by atoms with Gasteiger partial charge in [0.25, 0.3) is 0 Å². The molecule has 0 aromatic carbocycles. The number of allylic oxidation sites excluding steroid dienone is 4. The van der Waals surface area contributed by atoms with Crippen LogP contribution in [0.4, 0.5) is 0 Å². The predicted octanol–water partition coefficient (Wildman–Crippen LogP) is 4.00. The van der Waals surface area contributed by atoms with Crippen LogP contribution in [0.1, 0.15) is 6.42 Å². The minimum atomic E-state index is 0.661. The Balaban J connectivity index is 2.81. The van der Waals surface area contributed by atoms with E-state index in [1.807, 2.05) is 0 Å². The minimum absolute atomic E-state index is 0.661. The molecule has 1 aliphatic carbocycles. The summed E-state index contributed by atoms with van der Waals surface area (Å²) in [4.78, 5) is 0. The molecule has 0 radical (unpaired) electrons. The summed E-state index contributed by atoms with van der Waals surface area (Å²) in [7, 11) is 0. The molecule has 0 N–H and O–H groups in total. The maximum Gasteiger partial charge on any atom is 0.0259 e. The number of rotatable bonds is 2. The summed E-state index contributed by atoms with van der Waals surface area (Å²) in [6, 6.07) is 0. The van der Waals surface area contributed by atoms with Crippen molar-refractivity contribution in [2.45, 2.75) is 6.42 Å². The van der Waals surface area contributed by atoms with E-state index in [2.05, 4.69) is 59.9 Å². The Labute approximate surface area is 92.5 Å². The highest BCUT2D eigenvalue weighted by Crippen LogP contribution is 2.31. The highest BCUT2D eigenvalue weighted by molar-refractivity contribution is 9.12. The first-order valence-corrected chi connectivity index (χ1v) is 6.50. The molecule has 3 heteroatoms. The summed E-state index contributed by atoms with van der Waals surface area (Å²) in [5.41, 5.74) is 1.46. The lowest BCUT2D eigenvalue weighted by Gasteiger charge is -2.19. The van der Waals surface area contributed by atoms with Crippen molar-refractivity contribution in [2.75, 3.05) is 10.7 Å². The van der Waals surface area contributed by atoms with Gasteiger partial charge in [-0.2, -0.15) is 0 Å². The van der Waals surface area contributed by atoms with E-state index in [1.165, 1.54) is 10.1 Å². The average Bonchev–Trinajstić information content (AvgIpc) is 2.04. The smallest absolute Gasteiger partial charge is 0.0259 e. The fourth-order valence-electron chi connectivity index (χ4n) is 1.11. The lowest BCUT2D eigenvalue weighted by atomic mass is 9.95. The molecule has 62 valence electrons. The van der Waals surface area contributed by atoms with Crippen LogP contribution in [0.3, 0.4) is 0 Å². The first-order chi connectivity index (χ1) is 5.29. The molecular formula is C8H9Br3. The van der Waals surface area contributed by atoms with Crippen LogP contribution >= 0.6 is 47.8 Å². The normalized spacial score (nSPS) is 24.5. The highest BCUT2D eigenvalue weighted by Gasteiger charge is 2.16. The van der Waals surface area contributed by atoms with Crippen molar-refractivity contribution in [3.05, 3.63) is 22.2 Å². The third-order valence-corrected chi connectivity index (χ3v) is 3.97. The summed E-state index contributed by atoms with van der Waals surface area (Å²) in [6.45, 7) is 0. The molecule has 0 saturated carbocycles. The van der Waals surface area contributed by atoms with Gasteiger partial charge in [-0.3, -0.25) is 0 Å². The number of hydrogen-bond acceptors (Lipinski definition) is 0. The molecule has 0 nitrogen and oxygen atoms in total. The molecule has 0 aromatic rings. The van der Waals surface area contributed by atoms with Crippen LogP contribution in [0.15, 0.2) is 22.2 Å². The second-order valence-corrected chi connectivity index (χ2v) is 4.56. The van der Waals surface area contributed by atoms with Gasteiger partial charge in [-0.15, -0.1) is 0 Å². The van der Waals surface area contributed by atoms with Crippen molar-refractivity contribution >= 4 is 47.8 Å². The first-order valence-electron chi connectivity index (χ1n) is 3.46. The van der Waals surface area contributed by atoms with Gasteiger partial charge in [0.2, 0.25) is 0 Å². The number of hydrogen-bond donors (Lipinski definition) is 0. The van der Waals surface area contributed by atoms with Gasteiger partial charge in [-0.05, 0) is 17.9 Å². The average molecular weight is 345 g/mol. The van der Waals surface area contributed by atoms with Crippen LogP contribution in [0.25, 0.3) is 0 Å². The molecule has 0 aliphatic heterocycles. The zero-order valence-electron chi connectivity index (χ0n) is 5.99. The molecule has 1 aliphatic rings. The summed E-state index contributed by atoms with van der Waals surface area (Å²) in [5, 5.41) is 2.02. The summed E-state index contributed by atoms with van der Waals surface area (Å²) < 4.78 is 1.24. The fraction of sp³-hybridized carbons (Fsp3) is 0.500. The monoisotopic (exact) mass is 342 g/mol.